The molecule has 0 unspecified atom stereocenters. The first-order valence-corrected chi connectivity index (χ1v) is 8.45. The van der Waals surface area contributed by atoms with Gasteiger partial charge in [-0.25, -0.2) is 0 Å². The minimum atomic E-state index is -0.350. The number of carbonyl (C=O) groups is 1. The number of pyridine rings is 1. The van der Waals surface area contributed by atoms with E-state index in [4.69, 9.17) is 9.47 Å². The van der Waals surface area contributed by atoms with E-state index in [2.05, 4.69) is 5.32 Å². The number of nitrogens with zero attached hydrogens (tertiary/aromatic N) is 1. The minimum absolute atomic E-state index is 0.182. The van der Waals surface area contributed by atoms with Gasteiger partial charge >= 0.3 is 0 Å². The summed E-state index contributed by atoms with van der Waals surface area (Å²) in [7, 11) is 1.81. The molecule has 1 N–H and O–H groups in total. The highest BCUT2D eigenvalue weighted by molar-refractivity contribution is 5.91. The highest BCUT2D eigenvalue weighted by atomic mass is 16.5. The largest absolute Gasteiger partial charge is 0.478 e. The van der Waals surface area contributed by atoms with Crippen molar-refractivity contribution in [1.29, 1.82) is 0 Å². The molecule has 6 heteroatoms. The molecule has 27 heavy (non-hydrogen) atoms. The number of hydrogen-bond donors (Lipinski definition) is 1. The Morgan fingerprint density at radius 3 is 2.37 bits per heavy atom. The molecule has 138 valence electrons. The van der Waals surface area contributed by atoms with Gasteiger partial charge in [-0.3, -0.25) is 9.59 Å². The maximum Gasteiger partial charge on any atom is 0.262 e. The minimum Gasteiger partial charge on any atom is -0.478 e. The Bertz CT molecular complexity index is 979. The molecule has 1 heterocycles. The van der Waals surface area contributed by atoms with Crippen LogP contribution in [-0.2, 0) is 11.8 Å². The van der Waals surface area contributed by atoms with Gasteiger partial charge < -0.3 is 19.4 Å². The molecule has 0 atom stereocenters. The lowest BCUT2D eigenvalue weighted by molar-refractivity contribution is -0.118. The van der Waals surface area contributed by atoms with E-state index in [9.17, 15) is 9.59 Å². The van der Waals surface area contributed by atoms with Crippen LogP contribution in [0.1, 0.15) is 5.69 Å². The fourth-order valence-corrected chi connectivity index (χ4v) is 2.45. The quantitative estimate of drug-likeness (QED) is 0.727. The van der Waals surface area contributed by atoms with Gasteiger partial charge in [-0.2, -0.15) is 0 Å². The summed E-state index contributed by atoms with van der Waals surface area (Å²) in [6.45, 7) is 1.52. The number of aromatic nitrogens is 1. The SMILES string of the molecule is Cc1c(OCC(=O)Nc2ccc(Oc3ccccc3)cc2)c(=O)ccn1C. The second-order valence-electron chi connectivity index (χ2n) is 5.98. The van der Waals surface area contributed by atoms with Crippen LogP contribution in [0.5, 0.6) is 17.2 Å². The Morgan fingerprint density at radius 1 is 1.00 bits per heavy atom. The number of amides is 1. The fourth-order valence-electron chi connectivity index (χ4n) is 2.45. The van der Waals surface area contributed by atoms with Crippen molar-refractivity contribution < 1.29 is 14.3 Å². The zero-order valence-electron chi connectivity index (χ0n) is 15.1. The van der Waals surface area contributed by atoms with Crippen LogP contribution in [0, 0.1) is 6.92 Å². The number of rotatable bonds is 6. The van der Waals surface area contributed by atoms with E-state index in [0.717, 1.165) is 5.75 Å². The topological polar surface area (TPSA) is 69.6 Å². The lowest BCUT2D eigenvalue weighted by atomic mass is 10.3. The van der Waals surface area contributed by atoms with Crippen LogP contribution in [0.25, 0.3) is 0 Å². The van der Waals surface area contributed by atoms with E-state index in [1.807, 2.05) is 30.3 Å². The zero-order chi connectivity index (χ0) is 19.2. The number of anilines is 1. The maximum atomic E-state index is 12.1. The normalized spacial score (nSPS) is 10.3. The van der Waals surface area contributed by atoms with Gasteiger partial charge in [0.2, 0.25) is 5.43 Å². The molecule has 0 aliphatic rings. The third-order valence-corrected chi connectivity index (χ3v) is 4.00. The first-order chi connectivity index (χ1) is 13.0. The Morgan fingerprint density at radius 2 is 1.67 bits per heavy atom. The molecule has 0 aliphatic heterocycles. The van der Waals surface area contributed by atoms with Crippen LogP contribution in [0.2, 0.25) is 0 Å². The molecule has 1 amide bonds. The van der Waals surface area contributed by atoms with Crippen LogP contribution in [-0.4, -0.2) is 17.1 Å². The summed E-state index contributed by atoms with van der Waals surface area (Å²) in [4.78, 5) is 24.0. The second-order valence-corrected chi connectivity index (χ2v) is 5.98. The van der Waals surface area contributed by atoms with Gasteiger partial charge in [0, 0.05) is 25.0 Å². The van der Waals surface area contributed by atoms with E-state index in [1.54, 1.807) is 49.0 Å². The predicted molar refractivity (Wildman–Crippen MR) is 104 cm³/mol. The van der Waals surface area contributed by atoms with Crippen molar-refractivity contribution in [2.75, 3.05) is 11.9 Å². The highest BCUT2D eigenvalue weighted by Gasteiger charge is 2.10. The van der Waals surface area contributed by atoms with Crippen LogP contribution in [0.3, 0.4) is 0 Å². The van der Waals surface area contributed by atoms with Crippen LogP contribution < -0.4 is 20.2 Å². The Kier molecular flexibility index (Phi) is 5.56. The lowest BCUT2D eigenvalue weighted by Gasteiger charge is -2.12. The van der Waals surface area contributed by atoms with Crippen molar-refractivity contribution in [2.45, 2.75) is 6.92 Å². The summed E-state index contributed by atoms with van der Waals surface area (Å²) in [6, 6.07) is 17.8. The molecule has 0 radical (unpaired) electrons. The third kappa shape index (κ3) is 4.76. The molecule has 0 spiro atoms. The summed E-state index contributed by atoms with van der Waals surface area (Å²) in [6.07, 6.45) is 1.66. The van der Waals surface area contributed by atoms with E-state index < -0.39 is 0 Å². The average molecular weight is 364 g/mol. The molecule has 0 saturated carbocycles. The predicted octanol–water partition coefficient (Wildman–Crippen LogP) is 3.50. The van der Waals surface area contributed by atoms with Crippen LogP contribution >= 0.6 is 0 Å². The number of para-hydroxylation sites is 1. The van der Waals surface area contributed by atoms with E-state index in [0.29, 0.717) is 17.1 Å². The van der Waals surface area contributed by atoms with E-state index >= 15 is 0 Å². The molecule has 0 fully saturated rings. The van der Waals surface area contributed by atoms with Gasteiger partial charge in [-0.1, -0.05) is 18.2 Å². The molecule has 0 bridgehead atoms. The molecule has 1 aromatic heterocycles. The number of ether oxygens (including phenoxy) is 2. The maximum absolute atomic E-state index is 12.1. The molecule has 0 saturated heterocycles. The van der Waals surface area contributed by atoms with Crippen LogP contribution in [0.15, 0.2) is 71.7 Å². The summed E-state index contributed by atoms with van der Waals surface area (Å²) in [5.41, 5.74) is 1.03. The molecular formula is C21H20N2O4. The Balaban J connectivity index is 1.57. The van der Waals surface area contributed by atoms with Gasteiger partial charge in [-0.15, -0.1) is 0 Å². The summed E-state index contributed by atoms with van der Waals surface area (Å²) < 4.78 is 12.9. The lowest BCUT2D eigenvalue weighted by Crippen LogP contribution is -2.23. The molecule has 3 aromatic rings. The first-order valence-electron chi connectivity index (χ1n) is 8.45. The van der Waals surface area contributed by atoms with Gasteiger partial charge in [-0.05, 0) is 43.3 Å². The van der Waals surface area contributed by atoms with Crippen molar-refractivity contribution in [3.05, 3.63) is 82.8 Å². The highest BCUT2D eigenvalue weighted by Crippen LogP contribution is 2.22. The zero-order valence-corrected chi connectivity index (χ0v) is 15.1. The Labute approximate surface area is 157 Å². The van der Waals surface area contributed by atoms with E-state index in [1.165, 1.54) is 6.07 Å². The van der Waals surface area contributed by atoms with Crippen molar-refractivity contribution in [3.63, 3.8) is 0 Å². The Hall–Kier alpha value is -3.54. The fraction of sp³-hybridized carbons (Fsp3) is 0.143. The number of benzene rings is 2. The molecule has 6 nitrogen and oxygen atoms in total. The number of carbonyl (C=O) groups excluding carboxylic acids is 1. The summed E-state index contributed by atoms with van der Waals surface area (Å²) in [5.74, 6) is 1.24. The molecule has 0 aliphatic carbocycles. The molecule has 2 aromatic carbocycles. The molecular weight excluding hydrogens is 344 g/mol. The second kappa shape index (κ2) is 8.23. The van der Waals surface area contributed by atoms with Crippen molar-refractivity contribution in [3.8, 4) is 17.2 Å². The van der Waals surface area contributed by atoms with Gasteiger partial charge in [0.25, 0.3) is 5.91 Å². The van der Waals surface area contributed by atoms with Crippen LogP contribution in [0.4, 0.5) is 5.69 Å². The first kappa shape index (κ1) is 18.3. The standard InChI is InChI=1S/C21H20N2O4/c1-15-21(19(24)12-13-23(15)2)26-14-20(25)22-16-8-10-18(11-9-16)27-17-6-4-3-5-7-17/h3-13H,14H2,1-2H3,(H,22,25). The van der Waals surface area contributed by atoms with Gasteiger partial charge in [0.05, 0.1) is 5.69 Å². The number of nitrogens with one attached hydrogen (secondary N) is 1. The van der Waals surface area contributed by atoms with Gasteiger partial charge in [0.1, 0.15) is 11.5 Å². The summed E-state index contributed by atoms with van der Waals surface area (Å²) in [5, 5.41) is 2.73. The average Bonchev–Trinajstić information content (AvgIpc) is 2.67. The number of aryl methyl sites for hydroxylation is 1. The van der Waals surface area contributed by atoms with Crippen molar-refractivity contribution in [2.24, 2.45) is 7.05 Å². The van der Waals surface area contributed by atoms with Gasteiger partial charge in [0.15, 0.2) is 12.4 Å². The van der Waals surface area contributed by atoms with E-state index in [-0.39, 0.29) is 23.7 Å². The molecule has 3 rings (SSSR count). The van der Waals surface area contributed by atoms with Crippen molar-refractivity contribution in [1.82, 2.24) is 4.57 Å². The van der Waals surface area contributed by atoms with Crippen molar-refractivity contribution >= 4 is 11.6 Å². The number of hydrogen-bond acceptors (Lipinski definition) is 4. The monoisotopic (exact) mass is 364 g/mol. The third-order valence-electron chi connectivity index (χ3n) is 4.00. The summed E-state index contributed by atoms with van der Waals surface area (Å²) >= 11 is 0. The smallest absolute Gasteiger partial charge is 0.262 e.